The van der Waals surface area contributed by atoms with E-state index in [9.17, 15) is 0 Å². The number of hydrogen-bond acceptors (Lipinski definition) is 3. The number of unbranched alkanes of at least 4 members (excludes halogenated alkanes) is 13. The van der Waals surface area contributed by atoms with Gasteiger partial charge in [-0.15, -0.1) is 0 Å². The Hall–Kier alpha value is -1.75. The molecule has 1 heterocycles. The van der Waals surface area contributed by atoms with Crippen LogP contribution in [0.5, 0.6) is 0 Å². The summed E-state index contributed by atoms with van der Waals surface area (Å²) in [7, 11) is 1.74. The molecule has 0 aliphatic carbocycles. The first kappa shape index (κ1) is 31.5. The van der Waals surface area contributed by atoms with E-state index in [0.717, 1.165) is 19.6 Å². The summed E-state index contributed by atoms with van der Waals surface area (Å²) in [5, 5.41) is 0. The van der Waals surface area contributed by atoms with Crippen LogP contribution < -0.4 is 4.57 Å². The summed E-state index contributed by atoms with van der Waals surface area (Å²) in [4.78, 5) is 0. The second kappa shape index (κ2) is 22.3. The van der Waals surface area contributed by atoms with Gasteiger partial charge in [0, 0.05) is 31.4 Å². The van der Waals surface area contributed by atoms with Crippen LogP contribution in [0.25, 0.3) is 0 Å². The van der Waals surface area contributed by atoms with Crippen LogP contribution in [0.1, 0.15) is 108 Å². The zero-order valence-corrected chi connectivity index (χ0v) is 23.9. The highest BCUT2D eigenvalue weighted by Gasteiger charge is 2.08. The first-order valence-electron chi connectivity index (χ1n) is 15.0. The molecular formula is C33H54NO3+. The maximum atomic E-state index is 5.90. The van der Waals surface area contributed by atoms with Gasteiger partial charge in [0.15, 0.2) is 18.9 Å². The molecule has 208 valence electrons. The van der Waals surface area contributed by atoms with Crippen molar-refractivity contribution in [3.8, 4) is 0 Å². The molecule has 1 aromatic carbocycles. The maximum Gasteiger partial charge on any atom is 0.173 e. The molecule has 4 heteroatoms. The molecule has 1 atom stereocenters. The van der Waals surface area contributed by atoms with Gasteiger partial charge in [-0.1, -0.05) is 121 Å². The summed E-state index contributed by atoms with van der Waals surface area (Å²) in [6, 6.07) is 14.8. The third kappa shape index (κ3) is 16.7. The van der Waals surface area contributed by atoms with E-state index >= 15 is 0 Å². The van der Waals surface area contributed by atoms with Crippen molar-refractivity contribution in [2.45, 2.75) is 116 Å². The molecule has 0 radical (unpaired) electrons. The van der Waals surface area contributed by atoms with E-state index in [-0.39, 0.29) is 6.10 Å². The fourth-order valence-electron chi connectivity index (χ4n) is 4.60. The number of benzene rings is 1. The van der Waals surface area contributed by atoms with Gasteiger partial charge in [0.1, 0.15) is 6.10 Å². The first-order valence-corrected chi connectivity index (χ1v) is 15.0. The highest BCUT2D eigenvalue weighted by Crippen LogP contribution is 2.13. The van der Waals surface area contributed by atoms with Gasteiger partial charge in [0.25, 0.3) is 0 Å². The molecule has 0 bridgehead atoms. The summed E-state index contributed by atoms with van der Waals surface area (Å²) in [5.41, 5.74) is 2.46. The second-order valence-corrected chi connectivity index (χ2v) is 10.4. The van der Waals surface area contributed by atoms with Gasteiger partial charge in [-0.25, -0.2) is 4.57 Å². The van der Waals surface area contributed by atoms with Crippen molar-refractivity contribution in [1.29, 1.82) is 0 Å². The SMILES string of the molecule is CCCCCCCCCCCCCCCCOCC(COCc1ccc(C[n+]2ccccc2)cc1)OC. The molecule has 2 rings (SSSR count). The number of aromatic nitrogens is 1. The summed E-state index contributed by atoms with van der Waals surface area (Å²) in [5.74, 6) is 0. The zero-order valence-electron chi connectivity index (χ0n) is 23.9. The first-order chi connectivity index (χ1) is 18.3. The van der Waals surface area contributed by atoms with Gasteiger partial charge in [-0.3, -0.25) is 0 Å². The Balaban J connectivity index is 1.39. The standard InChI is InChI=1S/C33H54NO3/c1-3-4-5-6-7-8-9-10-11-12-13-14-15-19-26-36-29-33(35-2)30-37-28-32-22-20-31(21-23-32)27-34-24-17-16-18-25-34/h16-18,20-25,33H,3-15,19,26-30H2,1-2H3/q+1. The van der Waals surface area contributed by atoms with Crippen molar-refractivity contribution in [1.82, 2.24) is 0 Å². The number of rotatable bonds is 24. The van der Waals surface area contributed by atoms with Crippen LogP contribution in [-0.2, 0) is 27.4 Å². The van der Waals surface area contributed by atoms with Crippen molar-refractivity contribution in [2.75, 3.05) is 26.9 Å². The molecule has 0 saturated carbocycles. The van der Waals surface area contributed by atoms with Crippen molar-refractivity contribution >= 4 is 0 Å². The molecule has 0 aliphatic heterocycles. The van der Waals surface area contributed by atoms with E-state index in [4.69, 9.17) is 14.2 Å². The quantitative estimate of drug-likeness (QED) is 0.105. The highest BCUT2D eigenvalue weighted by molar-refractivity contribution is 5.21. The highest BCUT2D eigenvalue weighted by atomic mass is 16.6. The second-order valence-electron chi connectivity index (χ2n) is 10.4. The van der Waals surface area contributed by atoms with Crippen LogP contribution >= 0.6 is 0 Å². The molecule has 1 aromatic heterocycles. The largest absolute Gasteiger partial charge is 0.379 e. The lowest BCUT2D eigenvalue weighted by Crippen LogP contribution is -2.32. The van der Waals surface area contributed by atoms with E-state index in [0.29, 0.717) is 19.8 Å². The van der Waals surface area contributed by atoms with E-state index in [2.05, 4.69) is 60.3 Å². The molecule has 0 aliphatic rings. The molecule has 0 amide bonds. The smallest absolute Gasteiger partial charge is 0.173 e. The number of ether oxygens (including phenoxy) is 3. The Kier molecular flexibility index (Phi) is 18.9. The zero-order chi connectivity index (χ0) is 26.2. The average molecular weight is 513 g/mol. The number of pyridine rings is 1. The van der Waals surface area contributed by atoms with Gasteiger partial charge in [0.05, 0.1) is 19.8 Å². The van der Waals surface area contributed by atoms with Crippen LogP contribution in [0, 0.1) is 0 Å². The lowest BCUT2D eigenvalue weighted by Gasteiger charge is -2.16. The summed E-state index contributed by atoms with van der Waals surface area (Å²) < 4.78 is 19.5. The van der Waals surface area contributed by atoms with Gasteiger partial charge >= 0.3 is 0 Å². The Labute approximate surface area is 227 Å². The van der Waals surface area contributed by atoms with Crippen LogP contribution in [0.2, 0.25) is 0 Å². The number of hydrogen-bond donors (Lipinski definition) is 0. The summed E-state index contributed by atoms with van der Waals surface area (Å²) in [6.45, 7) is 5.73. The molecule has 4 nitrogen and oxygen atoms in total. The van der Waals surface area contributed by atoms with E-state index in [1.807, 2.05) is 6.07 Å². The van der Waals surface area contributed by atoms with Crippen molar-refractivity contribution in [3.63, 3.8) is 0 Å². The molecule has 0 fully saturated rings. The van der Waals surface area contributed by atoms with Crippen LogP contribution in [0.4, 0.5) is 0 Å². The monoisotopic (exact) mass is 512 g/mol. The van der Waals surface area contributed by atoms with Gasteiger partial charge in [-0.05, 0) is 12.0 Å². The lowest BCUT2D eigenvalue weighted by atomic mass is 10.0. The minimum absolute atomic E-state index is 0.0135. The summed E-state index contributed by atoms with van der Waals surface area (Å²) >= 11 is 0. The third-order valence-electron chi connectivity index (χ3n) is 7.02. The van der Waals surface area contributed by atoms with Crippen LogP contribution in [-0.4, -0.2) is 33.0 Å². The van der Waals surface area contributed by atoms with Crippen molar-refractivity contribution < 1.29 is 18.8 Å². The fourth-order valence-corrected chi connectivity index (χ4v) is 4.60. The van der Waals surface area contributed by atoms with Crippen molar-refractivity contribution in [2.24, 2.45) is 0 Å². The number of methoxy groups -OCH3 is 1. The van der Waals surface area contributed by atoms with Gasteiger partial charge < -0.3 is 14.2 Å². The minimum atomic E-state index is -0.0135. The van der Waals surface area contributed by atoms with Crippen LogP contribution in [0.3, 0.4) is 0 Å². The van der Waals surface area contributed by atoms with Gasteiger partial charge in [-0.2, -0.15) is 0 Å². The molecule has 2 aromatic rings. The predicted molar refractivity (Wildman–Crippen MR) is 154 cm³/mol. The van der Waals surface area contributed by atoms with E-state index in [1.54, 1.807) is 7.11 Å². The third-order valence-corrected chi connectivity index (χ3v) is 7.02. The van der Waals surface area contributed by atoms with Gasteiger partial charge in [0.2, 0.25) is 0 Å². The predicted octanol–water partition coefficient (Wildman–Crippen LogP) is 8.05. The maximum absolute atomic E-state index is 5.90. The summed E-state index contributed by atoms with van der Waals surface area (Å²) in [6.07, 6.45) is 23.5. The van der Waals surface area contributed by atoms with Crippen LogP contribution in [0.15, 0.2) is 54.9 Å². The Morgan fingerprint density at radius 2 is 1.14 bits per heavy atom. The average Bonchev–Trinajstić information content (AvgIpc) is 2.93. The van der Waals surface area contributed by atoms with Crippen molar-refractivity contribution in [3.05, 3.63) is 66.0 Å². The van der Waals surface area contributed by atoms with E-state index < -0.39 is 0 Å². The Bertz CT molecular complexity index is 750. The molecular weight excluding hydrogens is 458 g/mol. The molecule has 0 N–H and O–H groups in total. The molecule has 1 unspecified atom stereocenters. The normalized spacial score (nSPS) is 12.2. The fraction of sp³-hybridized carbons (Fsp3) is 0.667. The minimum Gasteiger partial charge on any atom is -0.379 e. The van der Waals surface area contributed by atoms with E-state index in [1.165, 1.54) is 94.6 Å². The number of nitrogens with zero attached hydrogens (tertiary/aromatic N) is 1. The molecule has 37 heavy (non-hydrogen) atoms. The Morgan fingerprint density at radius 3 is 1.70 bits per heavy atom. The lowest BCUT2D eigenvalue weighted by molar-refractivity contribution is -0.688. The molecule has 0 spiro atoms. The Morgan fingerprint density at radius 1 is 0.622 bits per heavy atom. The molecule has 0 saturated heterocycles. The topological polar surface area (TPSA) is 31.6 Å².